The average molecular weight is 395 g/mol. The van der Waals surface area contributed by atoms with Crippen molar-refractivity contribution < 1.29 is 21.6 Å². The van der Waals surface area contributed by atoms with E-state index in [1.807, 2.05) is 0 Å². The molecular formula is C14H19ClN2O5S2. The molecule has 0 unspecified atom stereocenters. The summed E-state index contributed by atoms with van der Waals surface area (Å²) in [5.41, 5.74) is 0. The number of likely N-dealkylation sites (N-methyl/N-ethyl adjacent to an activating group) is 1. The molecule has 10 heteroatoms. The second-order valence-corrected chi connectivity index (χ2v) is 10.2. The highest BCUT2D eigenvalue weighted by molar-refractivity contribution is 7.91. The largest absolute Gasteiger partial charge is 0.351 e. The van der Waals surface area contributed by atoms with Crippen molar-refractivity contribution >= 4 is 37.4 Å². The fourth-order valence-electron chi connectivity index (χ4n) is 2.46. The summed E-state index contributed by atoms with van der Waals surface area (Å²) in [7, 11) is -6.93. The second kappa shape index (κ2) is 7.38. The van der Waals surface area contributed by atoms with Gasteiger partial charge >= 0.3 is 0 Å². The molecule has 1 amide bonds. The van der Waals surface area contributed by atoms with Crippen LogP contribution in [-0.2, 0) is 24.7 Å². The third-order valence-electron chi connectivity index (χ3n) is 3.72. The van der Waals surface area contributed by atoms with Gasteiger partial charge in [0.15, 0.2) is 9.84 Å². The third kappa shape index (κ3) is 4.69. The van der Waals surface area contributed by atoms with Gasteiger partial charge in [0.05, 0.1) is 22.9 Å². The van der Waals surface area contributed by atoms with Crippen molar-refractivity contribution in [3.05, 3.63) is 29.3 Å². The minimum Gasteiger partial charge on any atom is -0.351 e. The zero-order valence-electron chi connectivity index (χ0n) is 13.1. The molecular weight excluding hydrogens is 376 g/mol. The van der Waals surface area contributed by atoms with Crippen molar-refractivity contribution in [3.63, 3.8) is 0 Å². The number of carbonyl (C=O) groups excluding carboxylic acids is 1. The zero-order chi connectivity index (χ0) is 18.0. The van der Waals surface area contributed by atoms with Crippen LogP contribution in [0.2, 0.25) is 5.02 Å². The van der Waals surface area contributed by atoms with Crippen molar-refractivity contribution in [2.24, 2.45) is 0 Å². The van der Waals surface area contributed by atoms with Gasteiger partial charge in [-0.1, -0.05) is 18.5 Å². The van der Waals surface area contributed by atoms with Crippen molar-refractivity contribution in [1.82, 2.24) is 9.62 Å². The van der Waals surface area contributed by atoms with Crippen LogP contribution >= 0.6 is 11.6 Å². The molecule has 1 heterocycles. The zero-order valence-corrected chi connectivity index (χ0v) is 15.5. The Balaban J connectivity index is 2.05. The van der Waals surface area contributed by atoms with Crippen molar-refractivity contribution in [2.45, 2.75) is 24.3 Å². The summed E-state index contributed by atoms with van der Waals surface area (Å²) in [4.78, 5) is 12.1. The van der Waals surface area contributed by atoms with Crippen LogP contribution in [0, 0.1) is 0 Å². The summed E-state index contributed by atoms with van der Waals surface area (Å²) in [6.07, 6.45) is 0.351. The van der Waals surface area contributed by atoms with Gasteiger partial charge in [-0.3, -0.25) is 4.79 Å². The second-order valence-electron chi connectivity index (χ2n) is 5.55. The molecule has 1 saturated heterocycles. The van der Waals surface area contributed by atoms with Crippen LogP contribution in [0.3, 0.4) is 0 Å². The molecule has 1 aliphatic heterocycles. The van der Waals surface area contributed by atoms with Crippen LogP contribution in [-0.4, -0.2) is 57.7 Å². The molecule has 24 heavy (non-hydrogen) atoms. The van der Waals surface area contributed by atoms with Gasteiger partial charge in [0, 0.05) is 17.6 Å². The Hall–Kier alpha value is -1.16. The van der Waals surface area contributed by atoms with Crippen molar-refractivity contribution in [2.75, 3.05) is 24.6 Å². The lowest BCUT2D eigenvalue weighted by molar-refractivity contribution is -0.121. The molecule has 1 atom stereocenters. The first-order valence-corrected chi connectivity index (χ1v) is 11.0. The van der Waals surface area contributed by atoms with Crippen LogP contribution in [0.5, 0.6) is 0 Å². The fourth-order valence-corrected chi connectivity index (χ4v) is 5.67. The molecule has 0 aliphatic carbocycles. The van der Waals surface area contributed by atoms with E-state index in [0.29, 0.717) is 11.4 Å². The molecule has 0 spiro atoms. The number of carbonyl (C=O) groups is 1. The summed E-state index contributed by atoms with van der Waals surface area (Å²) >= 11 is 5.76. The Morgan fingerprint density at radius 2 is 1.96 bits per heavy atom. The van der Waals surface area contributed by atoms with Crippen molar-refractivity contribution in [1.29, 1.82) is 0 Å². The number of amides is 1. The van der Waals surface area contributed by atoms with Gasteiger partial charge in [0.25, 0.3) is 0 Å². The lowest BCUT2D eigenvalue weighted by Crippen LogP contribution is -2.44. The third-order valence-corrected chi connectivity index (χ3v) is 7.68. The van der Waals surface area contributed by atoms with Crippen LogP contribution in [0.1, 0.15) is 13.3 Å². The maximum absolute atomic E-state index is 12.6. The summed E-state index contributed by atoms with van der Waals surface area (Å²) in [5, 5.41) is 3.00. The summed E-state index contributed by atoms with van der Waals surface area (Å²) < 4.78 is 49.0. The van der Waals surface area contributed by atoms with Gasteiger partial charge < -0.3 is 5.32 Å². The number of hydrogen-bond acceptors (Lipinski definition) is 5. The smallest absolute Gasteiger partial charge is 0.243 e. The highest BCUT2D eigenvalue weighted by Gasteiger charge is 2.31. The molecule has 1 aromatic rings. The maximum Gasteiger partial charge on any atom is 0.243 e. The average Bonchev–Trinajstić information content (AvgIpc) is 2.83. The number of nitrogens with zero attached hydrogens (tertiary/aromatic N) is 1. The quantitative estimate of drug-likeness (QED) is 0.763. The minimum atomic E-state index is -3.82. The standard InChI is InChI=1S/C14H19ClN2O5S2/c1-2-17(24(21,22)13-5-3-11(15)4-6-13)9-14(18)16-12-7-8-23(19,20)10-12/h3-6,12H,2,7-10H2,1H3,(H,16,18)/t12-/m1/s1. The fraction of sp³-hybridized carbons (Fsp3) is 0.500. The van der Waals surface area contributed by atoms with E-state index in [2.05, 4.69) is 5.32 Å². The molecule has 2 rings (SSSR count). The number of halogens is 1. The van der Waals surface area contributed by atoms with E-state index in [-0.39, 0.29) is 29.5 Å². The highest BCUT2D eigenvalue weighted by Crippen LogP contribution is 2.18. The van der Waals surface area contributed by atoms with Gasteiger partial charge in [-0.2, -0.15) is 4.31 Å². The van der Waals surface area contributed by atoms with E-state index >= 15 is 0 Å². The van der Waals surface area contributed by atoms with E-state index in [4.69, 9.17) is 11.6 Å². The molecule has 7 nitrogen and oxygen atoms in total. The Kier molecular flexibility index (Phi) is 5.90. The van der Waals surface area contributed by atoms with E-state index in [0.717, 1.165) is 4.31 Å². The lowest BCUT2D eigenvalue weighted by atomic mass is 10.2. The number of sulfone groups is 1. The monoisotopic (exact) mass is 394 g/mol. The van der Waals surface area contributed by atoms with Gasteiger partial charge in [-0.15, -0.1) is 0 Å². The van der Waals surface area contributed by atoms with Gasteiger partial charge in [-0.05, 0) is 30.7 Å². The van der Waals surface area contributed by atoms with Gasteiger partial charge in [-0.25, -0.2) is 16.8 Å². The van der Waals surface area contributed by atoms with E-state index in [9.17, 15) is 21.6 Å². The summed E-state index contributed by atoms with van der Waals surface area (Å²) in [5.74, 6) is -0.579. The first-order chi connectivity index (χ1) is 11.1. The Morgan fingerprint density at radius 1 is 1.33 bits per heavy atom. The first-order valence-electron chi connectivity index (χ1n) is 7.39. The molecule has 0 aromatic heterocycles. The summed E-state index contributed by atoms with van der Waals surface area (Å²) in [6.45, 7) is 1.38. The highest BCUT2D eigenvalue weighted by atomic mass is 35.5. The Labute approximate surface area is 147 Å². The molecule has 1 aliphatic rings. The van der Waals surface area contributed by atoms with Gasteiger partial charge in [0.1, 0.15) is 0 Å². The predicted octanol–water partition coefficient (Wildman–Crippen LogP) is 0.654. The van der Waals surface area contributed by atoms with Gasteiger partial charge in [0.2, 0.25) is 15.9 Å². The number of benzene rings is 1. The molecule has 134 valence electrons. The minimum absolute atomic E-state index is 0.0402. The topological polar surface area (TPSA) is 101 Å². The SMILES string of the molecule is CCN(CC(=O)N[C@@H]1CCS(=O)(=O)C1)S(=O)(=O)c1ccc(Cl)cc1. The van der Waals surface area contributed by atoms with Crippen molar-refractivity contribution in [3.8, 4) is 0 Å². The molecule has 1 fully saturated rings. The Morgan fingerprint density at radius 3 is 2.46 bits per heavy atom. The molecule has 1 N–H and O–H groups in total. The number of rotatable bonds is 6. The lowest BCUT2D eigenvalue weighted by Gasteiger charge is -2.21. The predicted molar refractivity (Wildman–Crippen MR) is 91.1 cm³/mol. The normalized spacial score (nSPS) is 20.2. The van der Waals surface area contributed by atoms with E-state index < -0.39 is 31.8 Å². The summed E-state index contributed by atoms with van der Waals surface area (Å²) in [6, 6.07) is 5.22. The first kappa shape index (κ1) is 19.2. The molecule has 1 aromatic carbocycles. The molecule has 0 saturated carbocycles. The number of nitrogens with one attached hydrogen (secondary N) is 1. The van der Waals surface area contributed by atoms with Crippen LogP contribution < -0.4 is 5.32 Å². The van der Waals surface area contributed by atoms with E-state index in [1.54, 1.807) is 6.92 Å². The van der Waals surface area contributed by atoms with Crippen LogP contribution in [0.15, 0.2) is 29.2 Å². The number of hydrogen-bond donors (Lipinski definition) is 1. The maximum atomic E-state index is 12.6. The number of sulfonamides is 1. The molecule has 0 radical (unpaired) electrons. The van der Waals surface area contributed by atoms with Crippen LogP contribution in [0.4, 0.5) is 0 Å². The molecule has 0 bridgehead atoms. The Bertz CT molecular complexity index is 806. The van der Waals surface area contributed by atoms with Crippen LogP contribution in [0.25, 0.3) is 0 Å². The van der Waals surface area contributed by atoms with E-state index in [1.165, 1.54) is 24.3 Å².